The predicted molar refractivity (Wildman–Crippen MR) is 145 cm³/mol. The van der Waals surface area contributed by atoms with Crippen LogP contribution in [0.3, 0.4) is 0 Å². The van der Waals surface area contributed by atoms with Crippen LogP contribution in [0.25, 0.3) is 0 Å². The summed E-state index contributed by atoms with van der Waals surface area (Å²) in [5.74, 6) is -3.43. The molecule has 2 aliphatic heterocycles. The lowest BCUT2D eigenvalue weighted by Gasteiger charge is -2.34. The molecule has 0 aliphatic carbocycles. The summed E-state index contributed by atoms with van der Waals surface area (Å²) in [4.78, 5) is 49.9. The average Bonchev–Trinajstić information content (AvgIpc) is 3.26. The molecule has 2 fully saturated rings. The first kappa shape index (κ1) is 31.4. The highest BCUT2D eigenvalue weighted by Crippen LogP contribution is 2.35. The van der Waals surface area contributed by atoms with Crippen molar-refractivity contribution in [1.82, 2.24) is 19.7 Å². The van der Waals surface area contributed by atoms with Crippen molar-refractivity contribution in [2.24, 2.45) is 0 Å². The molecule has 42 heavy (non-hydrogen) atoms. The van der Waals surface area contributed by atoms with E-state index >= 15 is 0 Å². The summed E-state index contributed by atoms with van der Waals surface area (Å²) in [6.07, 6.45) is -4.24. The van der Waals surface area contributed by atoms with E-state index in [9.17, 15) is 36.3 Å². The van der Waals surface area contributed by atoms with Gasteiger partial charge in [0.1, 0.15) is 22.7 Å². The highest BCUT2D eigenvalue weighted by atomic mass is 35.5. The highest BCUT2D eigenvalue weighted by molar-refractivity contribution is 6.31. The number of anilines is 2. The monoisotopic (exact) mass is 616 g/mol. The van der Waals surface area contributed by atoms with Crippen LogP contribution in [0.2, 0.25) is 5.02 Å². The number of rotatable bonds is 7. The van der Waals surface area contributed by atoms with Gasteiger partial charge in [-0.15, -0.1) is 0 Å². The van der Waals surface area contributed by atoms with Crippen LogP contribution in [-0.4, -0.2) is 96.4 Å². The molecule has 2 aliphatic rings. The molecule has 4 amide bonds. The van der Waals surface area contributed by atoms with Crippen molar-refractivity contribution >= 4 is 41.0 Å². The molecule has 0 N–H and O–H groups in total. The molecule has 1 unspecified atom stereocenters. The van der Waals surface area contributed by atoms with Crippen molar-refractivity contribution in [3.63, 3.8) is 0 Å². The first-order valence-electron chi connectivity index (χ1n) is 13.2. The number of carbonyl (C=O) groups excluding carboxylic acids is 3. The van der Waals surface area contributed by atoms with E-state index in [1.807, 2.05) is 0 Å². The molecule has 9 nitrogen and oxygen atoms in total. The van der Waals surface area contributed by atoms with Crippen molar-refractivity contribution in [1.29, 1.82) is 0 Å². The average molecular weight is 617 g/mol. The van der Waals surface area contributed by atoms with Gasteiger partial charge in [-0.1, -0.05) is 11.6 Å². The van der Waals surface area contributed by atoms with Crippen LogP contribution in [0.5, 0.6) is 0 Å². The number of hydrogen-bond acceptors (Lipinski definition) is 5. The number of alkyl halides is 3. The molecule has 2 aromatic rings. The molecular formula is C27H30ClF5N6O3. The molecular weight excluding hydrogens is 587 g/mol. The molecule has 3 heterocycles. The molecule has 0 saturated carbocycles. The second kappa shape index (κ2) is 12.4. The highest BCUT2D eigenvalue weighted by Gasteiger charge is 2.45. The van der Waals surface area contributed by atoms with E-state index in [0.717, 1.165) is 28.0 Å². The minimum absolute atomic E-state index is 0.000639. The lowest BCUT2D eigenvalue weighted by molar-refractivity contribution is -0.137. The molecule has 1 aromatic carbocycles. The number of benzene rings is 1. The second-order valence-corrected chi connectivity index (χ2v) is 10.6. The first-order chi connectivity index (χ1) is 19.7. The van der Waals surface area contributed by atoms with E-state index < -0.39 is 46.4 Å². The van der Waals surface area contributed by atoms with Crippen molar-refractivity contribution in [2.75, 3.05) is 62.7 Å². The molecule has 15 heteroatoms. The largest absolute Gasteiger partial charge is 0.416 e. The topological polar surface area (TPSA) is 80.3 Å². The summed E-state index contributed by atoms with van der Waals surface area (Å²) in [5.41, 5.74) is -1.43. The van der Waals surface area contributed by atoms with E-state index in [1.54, 1.807) is 4.90 Å². The Morgan fingerprint density at radius 2 is 1.76 bits per heavy atom. The fraction of sp³-hybridized carbons (Fsp3) is 0.481. The van der Waals surface area contributed by atoms with Gasteiger partial charge in [0.25, 0.3) is 5.91 Å². The fourth-order valence-corrected chi connectivity index (χ4v) is 5.27. The SMILES string of the molecule is CC(=O)N1CCN(CCCN2CC(C(=O)N(C)c3ccc(F)c(Cl)c3F)N(c3cc(C(F)(F)F)cc(C)n3)C2=O)CC1. The van der Waals surface area contributed by atoms with Gasteiger partial charge in [0.05, 0.1) is 17.8 Å². The number of carbonyl (C=O) groups is 3. The number of urea groups is 1. The molecule has 1 aromatic heterocycles. The summed E-state index contributed by atoms with van der Waals surface area (Å²) in [6, 6.07) is 1.31. The van der Waals surface area contributed by atoms with E-state index in [4.69, 9.17) is 11.6 Å². The summed E-state index contributed by atoms with van der Waals surface area (Å²) in [7, 11) is 1.20. The van der Waals surface area contributed by atoms with E-state index in [2.05, 4.69) is 9.88 Å². The molecule has 0 bridgehead atoms. The number of aromatic nitrogens is 1. The normalized spacial score (nSPS) is 18.2. The number of likely N-dealkylation sites (N-methyl/N-ethyl adjacent to an activating group) is 1. The Hall–Kier alpha value is -3.52. The Labute approximate surface area is 244 Å². The predicted octanol–water partition coefficient (Wildman–Crippen LogP) is 4.17. The van der Waals surface area contributed by atoms with Gasteiger partial charge >= 0.3 is 12.2 Å². The summed E-state index contributed by atoms with van der Waals surface area (Å²) in [5, 5.41) is -0.826. The number of hydrogen-bond donors (Lipinski definition) is 0. The van der Waals surface area contributed by atoms with Crippen LogP contribution in [0.15, 0.2) is 24.3 Å². The lowest BCUT2D eigenvalue weighted by atomic mass is 10.1. The Morgan fingerprint density at radius 3 is 2.38 bits per heavy atom. The van der Waals surface area contributed by atoms with Crippen molar-refractivity contribution in [3.05, 3.63) is 52.2 Å². The number of halogens is 6. The molecule has 0 radical (unpaired) electrons. The van der Waals surface area contributed by atoms with Gasteiger partial charge in [-0.25, -0.2) is 18.6 Å². The number of pyridine rings is 1. The maximum atomic E-state index is 14.8. The quantitative estimate of drug-likeness (QED) is 0.345. The molecule has 1 atom stereocenters. The van der Waals surface area contributed by atoms with Gasteiger partial charge in [-0.2, -0.15) is 13.2 Å². The van der Waals surface area contributed by atoms with Gasteiger partial charge < -0.3 is 14.7 Å². The Balaban J connectivity index is 1.58. The fourth-order valence-electron chi connectivity index (χ4n) is 5.11. The zero-order chi connectivity index (χ0) is 30.9. The molecule has 228 valence electrons. The summed E-state index contributed by atoms with van der Waals surface area (Å²) in [6.45, 7) is 5.90. The Kier molecular flexibility index (Phi) is 9.26. The van der Waals surface area contributed by atoms with E-state index in [0.29, 0.717) is 45.2 Å². The standard InChI is InChI=1S/C27H30ClF5N6O3/c1-16-13-18(27(31,32)33)14-22(34-16)39-21(25(41)35(3)20-6-5-19(29)23(28)24(20)30)15-38(26(39)42)8-4-7-36-9-11-37(12-10-36)17(2)40/h5-6,13-14,21H,4,7-12,15H2,1-3H3. The zero-order valence-electron chi connectivity index (χ0n) is 23.2. The number of amides is 4. The molecule has 4 rings (SSSR count). The third kappa shape index (κ3) is 6.59. The van der Waals surface area contributed by atoms with Gasteiger partial charge in [0.15, 0.2) is 5.82 Å². The Morgan fingerprint density at radius 1 is 1.10 bits per heavy atom. The van der Waals surface area contributed by atoms with Gasteiger partial charge in [-0.3, -0.25) is 19.4 Å². The third-order valence-electron chi connectivity index (χ3n) is 7.41. The minimum Gasteiger partial charge on any atom is -0.340 e. The van der Waals surface area contributed by atoms with Crippen LogP contribution in [0, 0.1) is 18.6 Å². The van der Waals surface area contributed by atoms with Crippen LogP contribution in [0.1, 0.15) is 24.6 Å². The minimum atomic E-state index is -4.73. The number of aryl methyl sites for hydroxylation is 1. The Bertz CT molecular complexity index is 1370. The van der Waals surface area contributed by atoms with E-state index in [1.165, 1.54) is 25.8 Å². The lowest BCUT2D eigenvalue weighted by Crippen LogP contribution is -2.48. The number of piperazine rings is 1. The first-order valence-corrected chi connectivity index (χ1v) is 13.6. The maximum Gasteiger partial charge on any atom is 0.416 e. The zero-order valence-corrected chi connectivity index (χ0v) is 24.0. The molecule has 0 spiro atoms. The van der Waals surface area contributed by atoms with Gasteiger partial charge in [-0.05, 0) is 44.2 Å². The van der Waals surface area contributed by atoms with Gasteiger partial charge in [0, 0.05) is 52.4 Å². The summed E-state index contributed by atoms with van der Waals surface area (Å²) < 4.78 is 69.3. The number of nitrogens with zero attached hydrogens (tertiary/aromatic N) is 6. The van der Waals surface area contributed by atoms with Crippen LogP contribution in [0.4, 0.5) is 38.3 Å². The molecule has 2 saturated heterocycles. The van der Waals surface area contributed by atoms with Crippen LogP contribution in [-0.2, 0) is 15.8 Å². The van der Waals surface area contributed by atoms with Gasteiger partial charge in [0.2, 0.25) is 5.91 Å². The van der Waals surface area contributed by atoms with Crippen LogP contribution >= 0.6 is 11.6 Å². The third-order valence-corrected chi connectivity index (χ3v) is 7.75. The van der Waals surface area contributed by atoms with Crippen molar-refractivity contribution in [2.45, 2.75) is 32.5 Å². The van der Waals surface area contributed by atoms with E-state index in [-0.39, 0.29) is 36.2 Å². The smallest absolute Gasteiger partial charge is 0.340 e. The van der Waals surface area contributed by atoms with Crippen LogP contribution < -0.4 is 9.80 Å². The van der Waals surface area contributed by atoms with Crippen molar-refractivity contribution in [3.8, 4) is 0 Å². The maximum absolute atomic E-state index is 14.8. The van der Waals surface area contributed by atoms with Crippen molar-refractivity contribution < 1.29 is 36.3 Å². The summed E-state index contributed by atoms with van der Waals surface area (Å²) >= 11 is 5.68. The second-order valence-electron chi connectivity index (χ2n) is 10.3.